The van der Waals surface area contributed by atoms with Crippen molar-refractivity contribution in [1.82, 2.24) is 5.32 Å². The van der Waals surface area contributed by atoms with Gasteiger partial charge in [-0.05, 0) is 31.0 Å². The SMILES string of the molecule is CS(=O)(=O)N1C[C@@H](C(=O)NC2CCCCCCC2)Oc2ccc(Cl)cc21. The van der Waals surface area contributed by atoms with Crippen LogP contribution in [-0.4, -0.2) is 39.3 Å². The number of anilines is 1. The number of hydrogen-bond donors (Lipinski definition) is 1. The summed E-state index contributed by atoms with van der Waals surface area (Å²) in [6.07, 6.45) is 8.03. The van der Waals surface area contributed by atoms with Gasteiger partial charge in [-0.3, -0.25) is 9.10 Å². The summed E-state index contributed by atoms with van der Waals surface area (Å²) in [7, 11) is -3.55. The molecule has 1 fully saturated rings. The third-order valence-electron chi connectivity index (χ3n) is 4.93. The first-order chi connectivity index (χ1) is 12.3. The lowest BCUT2D eigenvalue weighted by molar-refractivity contribution is -0.128. The van der Waals surface area contributed by atoms with Crippen LogP contribution in [0.5, 0.6) is 5.75 Å². The molecule has 1 N–H and O–H groups in total. The summed E-state index contributed by atoms with van der Waals surface area (Å²) in [6.45, 7) is -0.0509. The van der Waals surface area contributed by atoms with E-state index in [2.05, 4.69) is 5.32 Å². The summed E-state index contributed by atoms with van der Waals surface area (Å²) in [4.78, 5) is 12.7. The minimum absolute atomic E-state index is 0.0509. The Balaban J connectivity index is 1.76. The number of amides is 1. The van der Waals surface area contributed by atoms with Crippen molar-refractivity contribution in [3.8, 4) is 5.75 Å². The molecule has 1 atom stereocenters. The van der Waals surface area contributed by atoms with Gasteiger partial charge in [-0.15, -0.1) is 0 Å². The fraction of sp³-hybridized carbons (Fsp3) is 0.611. The van der Waals surface area contributed by atoms with Gasteiger partial charge in [-0.2, -0.15) is 0 Å². The van der Waals surface area contributed by atoms with Gasteiger partial charge in [0.1, 0.15) is 5.75 Å². The fourth-order valence-electron chi connectivity index (χ4n) is 3.57. The van der Waals surface area contributed by atoms with E-state index in [1.807, 2.05) is 0 Å². The van der Waals surface area contributed by atoms with Gasteiger partial charge in [-0.25, -0.2) is 8.42 Å². The van der Waals surface area contributed by atoms with Crippen LogP contribution < -0.4 is 14.4 Å². The average Bonchev–Trinajstić information content (AvgIpc) is 2.55. The third kappa shape index (κ3) is 4.62. The van der Waals surface area contributed by atoms with E-state index in [1.165, 1.54) is 23.6 Å². The lowest BCUT2D eigenvalue weighted by Crippen LogP contribution is -2.52. The second-order valence-electron chi connectivity index (χ2n) is 7.06. The molecule has 3 rings (SSSR count). The maximum atomic E-state index is 12.7. The first kappa shape index (κ1) is 19.3. The zero-order valence-electron chi connectivity index (χ0n) is 14.9. The summed E-state index contributed by atoms with van der Waals surface area (Å²) in [5.74, 6) is 0.0914. The molecule has 0 saturated heterocycles. The Bertz CT molecular complexity index is 760. The van der Waals surface area contributed by atoms with Gasteiger partial charge in [-0.1, -0.05) is 43.7 Å². The number of benzene rings is 1. The van der Waals surface area contributed by atoms with E-state index in [4.69, 9.17) is 16.3 Å². The van der Waals surface area contributed by atoms with Crippen LogP contribution in [0.3, 0.4) is 0 Å². The number of carbonyl (C=O) groups is 1. The van der Waals surface area contributed by atoms with E-state index >= 15 is 0 Å². The largest absolute Gasteiger partial charge is 0.476 e. The van der Waals surface area contributed by atoms with Gasteiger partial charge >= 0.3 is 0 Å². The van der Waals surface area contributed by atoms with E-state index in [0.717, 1.165) is 31.9 Å². The molecule has 1 aliphatic heterocycles. The Morgan fingerprint density at radius 3 is 2.50 bits per heavy atom. The van der Waals surface area contributed by atoms with Crippen LogP contribution in [0, 0.1) is 0 Å². The zero-order chi connectivity index (χ0) is 18.7. The number of rotatable bonds is 3. The third-order valence-corrected chi connectivity index (χ3v) is 6.32. The van der Waals surface area contributed by atoms with Crippen molar-refractivity contribution in [3.05, 3.63) is 23.2 Å². The molecular weight excluding hydrogens is 376 g/mol. The van der Waals surface area contributed by atoms with Crippen LogP contribution >= 0.6 is 11.6 Å². The van der Waals surface area contributed by atoms with E-state index < -0.39 is 16.1 Å². The molecule has 1 aromatic carbocycles. The van der Waals surface area contributed by atoms with Crippen molar-refractivity contribution in [2.75, 3.05) is 17.1 Å². The van der Waals surface area contributed by atoms with Gasteiger partial charge in [0.15, 0.2) is 6.10 Å². The molecule has 1 heterocycles. The van der Waals surface area contributed by atoms with Crippen molar-refractivity contribution in [3.63, 3.8) is 0 Å². The highest BCUT2D eigenvalue weighted by atomic mass is 35.5. The summed E-state index contributed by atoms with van der Waals surface area (Å²) in [6, 6.07) is 4.90. The number of halogens is 1. The summed E-state index contributed by atoms with van der Waals surface area (Å²) in [5.41, 5.74) is 0.370. The molecule has 1 aliphatic carbocycles. The average molecular weight is 401 g/mol. The Morgan fingerprint density at radius 2 is 1.85 bits per heavy atom. The highest BCUT2D eigenvalue weighted by Crippen LogP contribution is 2.37. The van der Waals surface area contributed by atoms with Crippen LogP contribution in [0.1, 0.15) is 44.9 Å². The number of carbonyl (C=O) groups excluding carboxylic acids is 1. The second kappa shape index (κ2) is 8.05. The Morgan fingerprint density at radius 1 is 1.19 bits per heavy atom. The normalized spacial score (nSPS) is 21.9. The molecule has 8 heteroatoms. The summed E-state index contributed by atoms with van der Waals surface area (Å²) in [5, 5.41) is 3.47. The van der Waals surface area contributed by atoms with Crippen LogP contribution in [0.15, 0.2) is 18.2 Å². The molecule has 2 aliphatic rings. The molecule has 0 unspecified atom stereocenters. The quantitative estimate of drug-likeness (QED) is 0.845. The molecule has 0 spiro atoms. The Labute approximate surface area is 159 Å². The summed E-state index contributed by atoms with van der Waals surface area (Å²) >= 11 is 5.99. The first-order valence-corrected chi connectivity index (χ1v) is 11.3. The van der Waals surface area contributed by atoms with Crippen LogP contribution in [0.4, 0.5) is 5.69 Å². The van der Waals surface area contributed by atoms with E-state index in [0.29, 0.717) is 16.5 Å². The number of fused-ring (bicyclic) bond motifs is 1. The molecular formula is C18H25ClN2O4S. The van der Waals surface area contributed by atoms with E-state index in [1.54, 1.807) is 18.2 Å². The lowest BCUT2D eigenvalue weighted by atomic mass is 9.96. The maximum absolute atomic E-state index is 12.7. The van der Waals surface area contributed by atoms with Gasteiger partial charge in [0.05, 0.1) is 18.5 Å². The van der Waals surface area contributed by atoms with Crippen molar-refractivity contribution in [2.45, 2.75) is 57.1 Å². The van der Waals surface area contributed by atoms with Crippen molar-refractivity contribution in [2.24, 2.45) is 0 Å². The first-order valence-electron chi connectivity index (χ1n) is 9.09. The molecule has 26 heavy (non-hydrogen) atoms. The number of nitrogens with one attached hydrogen (secondary N) is 1. The van der Waals surface area contributed by atoms with Crippen molar-refractivity contribution < 1.29 is 17.9 Å². The van der Waals surface area contributed by atoms with Gasteiger partial charge in [0.2, 0.25) is 10.0 Å². The molecule has 1 aromatic rings. The van der Waals surface area contributed by atoms with Crippen LogP contribution in [0.2, 0.25) is 5.02 Å². The predicted molar refractivity (Wildman–Crippen MR) is 102 cm³/mol. The number of ether oxygens (including phenoxy) is 1. The van der Waals surface area contributed by atoms with Gasteiger partial charge < -0.3 is 10.1 Å². The van der Waals surface area contributed by atoms with E-state index in [9.17, 15) is 13.2 Å². The topological polar surface area (TPSA) is 75.7 Å². The second-order valence-corrected chi connectivity index (χ2v) is 9.41. The minimum atomic E-state index is -3.55. The molecule has 0 aromatic heterocycles. The standard InChI is InChI=1S/C18H25ClN2O4S/c1-26(23,24)21-12-17(25-16-10-9-13(19)11-15(16)21)18(22)20-14-7-5-3-2-4-6-8-14/h9-11,14,17H,2-8,12H2,1H3,(H,20,22)/t17-/m0/s1. The maximum Gasteiger partial charge on any atom is 0.263 e. The van der Waals surface area contributed by atoms with Crippen molar-refractivity contribution >= 4 is 33.2 Å². The highest BCUT2D eigenvalue weighted by molar-refractivity contribution is 7.92. The van der Waals surface area contributed by atoms with Crippen LogP contribution in [0.25, 0.3) is 0 Å². The molecule has 1 saturated carbocycles. The molecule has 0 bridgehead atoms. The van der Waals surface area contributed by atoms with Gasteiger partial charge in [0.25, 0.3) is 5.91 Å². The Kier molecular flexibility index (Phi) is 5.97. The molecule has 0 radical (unpaired) electrons. The van der Waals surface area contributed by atoms with Gasteiger partial charge in [0, 0.05) is 11.1 Å². The highest BCUT2D eigenvalue weighted by Gasteiger charge is 2.35. The monoisotopic (exact) mass is 400 g/mol. The minimum Gasteiger partial charge on any atom is -0.476 e. The number of hydrogen-bond acceptors (Lipinski definition) is 4. The van der Waals surface area contributed by atoms with E-state index in [-0.39, 0.29) is 18.5 Å². The van der Waals surface area contributed by atoms with Crippen molar-refractivity contribution in [1.29, 1.82) is 0 Å². The Hall–Kier alpha value is -1.47. The molecule has 144 valence electrons. The summed E-state index contributed by atoms with van der Waals surface area (Å²) < 4.78 is 31.4. The van der Waals surface area contributed by atoms with Crippen LogP contribution in [-0.2, 0) is 14.8 Å². The number of nitrogens with zero attached hydrogens (tertiary/aromatic N) is 1. The molecule has 6 nitrogen and oxygen atoms in total. The predicted octanol–water partition coefficient (Wildman–Crippen LogP) is 3.10. The number of sulfonamides is 1. The zero-order valence-corrected chi connectivity index (χ0v) is 16.5. The molecule has 1 amide bonds. The fourth-order valence-corrected chi connectivity index (χ4v) is 4.64. The lowest BCUT2D eigenvalue weighted by Gasteiger charge is -2.34. The smallest absolute Gasteiger partial charge is 0.263 e.